The van der Waals surface area contributed by atoms with Gasteiger partial charge in [-0.2, -0.15) is 0 Å². The molecule has 0 saturated heterocycles. The van der Waals surface area contributed by atoms with Gasteiger partial charge >= 0.3 is 0 Å². The van der Waals surface area contributed by atoms with Crippen molar-refractivity contribution >= 4 is 29.5 Å². The highest BCUT2D eigenvalue weighted by atomic mass is 16.2. The molecule has 0 aliphatic heterocycles. The van der Waals surface area contributed by atoms with Crippen molar-refractivity contribution in [3.8, 4) is 0 Å². The van der Waals surface area contributed by atoms with Crippen molar-refractivity contribution < 1.29 is 24.0 Å². The first-order chi connectivity index (χ1) is 28.5. The van der Waals surface area contributed by atoms with E-state index >= 15 is 0 Å². The molecule has 0 aliphatic carbocycles. The summed E-state index contributed by atoms with van der Waals surface area (Å²) in [6, 6.07) is -1.42. The van der Waals surface area contributed by atoms with E-state index in [4.69, 9.17) is 22.9 Å². The summed E-state index contributed by atoms with van der Waals surface area (Å²) in [6.07, 6.45) is 26.9. The van der Waals surface area contributed by atoms with Gasteiger partial charge in [0.25, 0.3) is 0 Å². The van der Waals surface area contributed by atoms with Crippen LogP contribution in [0.15, 0.2) is 0 Å². The molecule has 0 radical (unpaired) electrons. The summed E-state index contributed by atoms with van der Waals surface area (Å²) in [5.41, 5.74) is 22.7. The Kier molecular flexibility index (Phi) is 38.7. The largest absolute Gasteiger partial charge is 0.355 e. The van der Waals surface area contributed by atoms with Gasteiger partial charge in [-0.15, -0.1) is 0 Å². The van der Waals surface area contributed by atoms with E-state index in [0.717, 1.165) is 141 Å². The number of unbranched alkanes of at least 4 members (excludes halogenated alkanes) is 19. The van der Waals surface area contributed by atoms with Gasteiger partial charge in [0.1, 0.15) is 12.1 Å². The highest BCUT2D eigenvalue weighted by molar-refractivity contribution is 5.88. The average molecular weight is 838 g/mol. The highest BCUT2D eigenvalue weighted by Gasteiger charge is 2.21. The van der Waals surface area contributed by atoms with Gasteiger partial charge in [-0.3, -0.25) is 24.0 Å². The van der Waals surface area contributed by atoms with Gasteiger partial charge in [0, 0.05) is 32.0 Å². The Bertz CT molecular complexity index is 1060. The summed E-state index contributed by atoms with van der Waals surface area (Å²) >= 11 is 0. The van der Waals surface area contributed by atoms with E-state index in [9.17, 15) is 24.0 Å². The molecule has 0 aromatic rings. The minimum absolute atomic E-state index is 0.0289. The van der Waals surface area contributed by atoms with E-state index in [1.54, 1.807) is 0 Å². The van der Waals surface area contributed by atoms with Crippen LogP contribution in [0.3, 0.4) is 0 Å². The molecule has 3 unspecified atom stereocenters. The molecule has 59 heavy (non-hydrogen) atoms. The van der Waals surface area contributed by atoms with Crippen LogP contribution in [-0.4, -0.2) is 86.4 Å². The molecule has 346 valence electrons. The van der Waals surface area contributed by atoms with Crippen LogP contribution in [0.1, 0.15) is 200 Å². The van der Waals surface area contributed by atoms with Gasteiger partial charge in [0.2, 0.25) is 29.5 Å². The van der Waals surface area contributed by atoms with Crippen LogP contribution in [0.2, 0.25) is 0 Å². The van der Waals surface area contributed by atoms with Crippen LogP contribution < -0.4 is 49.5 Å². The number of nitrogens with one attached hydrogen (secondary N) is 5. The van der Waals surface area contributed by atoms with Gasteiger partial charge in [-0.25, -0.2) is 0 Å². The number of carbonyl (C=O) groups is 5. The van der Waals surface area contributed by atoms with Crippen molar-refractivity contribution in [2.75, 3.05) is 32.7 Å². The molecule has 0 fully saturated rings. The van der Waals surface area contributed by atoms with Crippen molar-refractivity contribution in [1.82, 2.24) is 26.6 Å². The molecule has 0 heterocycles. The summed E-state index contributed by atoms with van der Waals surface area (Å²) in [5, 5.41) is 14.8. The molecule has 0 aliphatic rings. The smallest absolute Gasteiger partial charge is 0.242 e. The molecule has 14 nitrogen and oxygen atoms in total. The van der Waals surface area contributed by atoms with Crippen molar-refractivity contribution in [2.24, 2.45) is 22.9 Å². The van der Waals surface area contributed by atoms with Crippen LogP contribution in [-0.2, 0) is 24.0 Å². The maximum absolute atomic E-state index is 13.0. The first-order valence-electron chi connectivity index (χ1n) is 23.9. The fraction of sp³-hybridized carbons (Fsp3) is 0.889. The Balaban J connectivity index is 4.02. The number of nitrogens with two attached hydrogens (primary N) is 4. The van der Waals surface area contributed by atoms with Crippen LogP contribution in [0.5, 0.6) is 0 Å². The van der Waals surface area contributed by atoms with E-state index in [1.807, 2.05) is 13.8 Å². The van der Waals surface area contributed by atoms with Gasteiger partial charge < -0.3 is 49.5 Å². The molecule has 13 N–H and O–H groups in total. The Labute approximate surface area is 359 Å². The average Bonchev–Trinajstić information content (AvgIpc) is 3.20. The standard InChI is InChI=1S/C45H91N9O5/c1-37(2)52-45(59)40(29-21-24-34-48)54-42(56)31-18-14-10-6-4-8-12-16-26-36-51-44(58)39(28-20-23-33-47)53-41(55)30-17-13-9-5-3-7-11-15-25-35-50-43(57)38(49)27-19-22-32-46/h37-40H,3-36,46-49H2,1-2H3,(H,50,57)(H,51,58)(H,52,59)(H,53,55)(H,54,56). The van der Waals surface area contributed by atoms with Gasteiger partial charge in [-0.1, -0.05) is 96.3 Å². The van der Waals surface area contributed by atoms with E-state index < -0.39 is 18.1 Å². The van der Waals surface area contributed by atoms with E-state index in [2.05, 4.69) is 26.6 Å². The monoisotopic (exact) mass is 838 g/mol. The fourth-order valence-electron chi connectivity index (χ4n) is 7.05. The summed E-state index contributed by atoms with van der Waals surface area (Å²) in [6.45, 7) is 6.90. The molecular weight excluding hydrogens is 747 g/mol. The summed E-state index contributed by atoms with van der Waals surface area (Å²) in [5.74, 6) is -0.409. The molecule has 5 amide bonds. The Morgan fingerprint density at radius 3 is 1.12 bits per heavy atom. The predicted octanol–water partition coefficient (Wildman–Crippen LogP) is 5.23. The second-order valence-corrected chi connectivity index (χ2v) is 16.8. The zero-order valence-electron chi connectivity index (χ0n) is 37.7. The SMILES string of the molecule is CC(C)NC(=O)C(CCCCN)NC(=O)CCCCCCCCCCCNC(=O)C(CCCCN)NC(=O)CCCCCCCCCCCNC(=O)C(N)CCCCN. The number of carbonyl (C=O) groups excluding carboxylic acids is 5. The lowest BCUT2D eigenvalue weighted by Gasteiger charge is -2.20. The van der Waals surface area contributed by atoms with Crippen LogP contribution in [0.25, 0.3) is 0 Å². The quantitative estimate of drug-likeness (QED) is 0.0365. The van der Waals surface area contributed by atoms with Gasteiger partial charge in [0.15, 0.2) is 0 Å². The second-order valence-electron chi connectivity index (χ2n) is 16.8. The van der Waals surface area contributed by atoms with E-state index in [0.29, 0.717) is 64.8 Å². The van der Waals surface area contributed by atoms with Crippen LogP contribution >= 0.6 is 0 Å². The maximum Gasteiger partial charge on any atom is 0.242 e. The number of amides is 5. The number of hydrogen-bond donors (Lipinski definition) is 9. The lowest BCUT2D eigenvalue weighted by Crippen LogP contribution is -2.48. The van der Waals surface area contributed by atoms with Crippen molar-refractivity contribution in [1.29, 1.82) is 0 Å². The molecular formula is C45H91N9O5. The topological polar surface area (TPSA) is 250 Å². The van der Waals surface area contributed by atoms with Crippen molar-refractivity contribution in [3.63, 3.8) is 0 Å². The highest BCUT2D eigenvalue weighted by Crippen LogP contribution is 2.13. The first-order valence-corrected chi connectivity index (χ1v) is 23.9. The molecule has 0 saturated carbocycles. The third kappa shape index (κ3) is 35.6. The molecule has 0 rings (SSSR count). The molecule has 0 aromatic heterocycles. The third-order valence-electron chi connectivity index (χ3n) is 10.7. The Morgan fingerprint density at radius 1 is 0.390 bits per heavy atom. The number of rotatable bonds is 42. The predicted molar refractivity (Wildman–Crippen MR) is 242 cm³/mol. The molecule has 14 heteroatoms. The Hall–Kier alpha value is -2.81. The molecule has 0 bridgehead atoms. The lowest BCUT2D eigenvalue weighted by molar-refractivity contribution is -0.129. The Morgan fingerprint density at radius 2 is 0.729 bits per heavy atom. The lowest BCUT2D eigenvalue weighted by atomic mass is 10.0. The van der Waals surface area contributed by atoms with Crippen molar-refractivity contribution in [2.45, 2.75) is 224 Å². The summed E-state index contributed by atoms with van der Waals surface area (Å²) in [7, 11) is 0. The van der Waals surface area contributed by atoms with Crippen LogP contribution in [0.4, 0.5) is 0 Å². The molecule has 0 spiro atoms. The number of hydrogen-bond acceptors (Lipinski definition) is 9. The van der Waals surface area contributed by atoms with Gasteiger partial charge in [0.05, 0.1) is 6.04 Å². The first kappa shape index (κ1) is 56.2. The minimum atomic E-state index is -0.515. The van der Waals surface area contributed by atoms with Crippen molar-refractivity contribution in [3.05, 3.63) is 0 Å². The zero-order chi connectivity index (χ0) is 43.8. The maximum atomic E-state index is 13.0. The fourth-order valence-corrected chi connectivity index (χ4v) is 7.05. The van der Waals surface area contributed by atoms with Gasteiger partial charge in [-0.05, 0) is 111 Å². The summed E-state index contributed by atoms with van der Waals surface area (Å²) < 4.78 is 0. The second kappa shape index (κ2) is 40.6. The van der Waals surface area contributed by atoms with E-state index in [-0.39, 0.29) is 35.6 Å². The zero-order valence-corrected chi connectivity index (χ0v) is 37.7. The van der Waals surface area contributed by atoms with E-state index in [1.165, 1.54) is 12.8 Å². The van der Waals surface area contributed by atoms with Crippen LogP contribution in [0, 0.1) is 0 Å². The molecule has 3 atom stereocenters. The summed E-state index contributed by atoms with van der Waals surface area (Å²) in [4.78, 5) is 62.7. The minimum Gasteiger partial charge on any atom is -0.355 e. The normalized spacial score (nSPS) is 12.8. The third-order valence-corrected chi connectivity index (χ3v) is 10.7. The molecule has 0 aromatic carbocycles.